The fraction of sp³-hybridized carbons (Fsp3) is 0.429. The van der Waals surface area contributed by atoms with E-state index < -0.39 is 5.41 Å². The zero-order valence-corrected chi connectivity index (χ0v) is 16.5. The molecule has 134 valence electrons. The number of allylic oxidation sites excluding steroid dienone is 3. The molecular weight excluding hydrogens is 336 g/mol. The predicted molar refractivity (Wildman–Crippen MR) is 103 cm³/mol. The standard InChI is InChI=1S/C21H25ClO3/c1-11(2)12(3)17-13(4)14(7-8-15(17)22)19(24)18-16(23)9-10-21(5,6)20(18)25/h7-8,24H,9-10H2,1-6H3/b19-18+. The van der Waals surface area contributed by atoms with E-state index in [-0.39, 0.29) is 29.3 Å². The largest absolute Gasteiger partial charge is 0.506 e. The van der Waals surface area contributed by atoms with Gasteiger partial charge in [0.15, 0.2) is 11.6 Å². The highest BCUT2D eigenvalue weighted by atomic mass is 35.5. The maximum absolute atomic E-state index is 12.7. The Hall–Kier alpha value is -1.87. The molecule has 0 radical (unpaired) electrons. The lowest BCUT2D eigenvalue weighted by atomic mass is 9.72. The van der Waals surface area contributed by atoms with E-state index in [0.29, 0.717) is 17.0 Å². The van der Waals surface area contributed by atoms with Crippen molar-refractivity contribution in [2.75, 3.05) is 0 Å². The van der Waals surface area contributed by atoms with E-state index in [9.17, 15) is 14.7 Å². The van der Waals surface area contributed by atoms with E-state index in [2.05, 4.69) is 0 Å². The van der Waals surface area contributed by atoms with Crippen molar-refractivity contribution in [3.63, 3.8) is 0 Å². The Kier molecular flexibility index (Phi) is 5.29. The molecule has 2 rings (SSSR count). The number of carbonyl (C=O) groups is 2. The molecule has 3 nitrogen and oxygen atoms in total. The molecule has 0 aliphatic heterocycles. The molecule has 1 aliphatic rings. The number of rotatable bonds is 2. The minimum absolute atomic E-state index is 0.0810. The van der Waals surface area contributed by atoms with Gasteiger partial charge in [-0.2, -0.15) is 0 Å². The highest BCUT2D eigenvalue weighted by Gasteiger charge is 2.40. The topological polar surface area (TPSA) is 54.4 Å². The quantitative estimate of drug-likeness (QED) is 0.418. The van der Waals surface area contributed by atoms with E-state index >= 15 is 0 Å². The Labute approximate surface area is 154 Å². The van der Waals surface area contributed by atoms with E-state index in [1.807, 2.05) is 41.5 Å². The average molecular weight is 361 g/mol. The van der Waals surface area contributed by atoms with Gasteiger partial charge in [0.25, 0.3) is 0 Å². The number of hydrogen-bond donors (Lipinski definition) is 1. The smallest absolute Gasteiger partial charge is 0.175 e. The summed E-state index contributed by atoms with van der Waals surface area (Å²) >= 11 is 6.37. The van der Waals surface area contributed by atoms with E-state index in [4.69, 9.17) is 11.6 Å². The monoisotopic (exact) mass is 360 g/mol. The molecule has 0 heterocycles. The third-order valence-electron chi connectivity index (χ3n) is 5.13. The Bertz CT molecular complexity index is 822. The van der Waals surface area contributed by atoms with Gasteiger partial charge in [-0.05, 0) is 62.9 Å². The molecule has 4 heteroatoms. The van der Waals surface area contributed by atoms with Crippen LogP contribution in [-0.4, -0.2) is 16.7 Å². The van der Waals surface area contributed by atoms with Gasteiger partial charge in [-0.25, -0.2) is 0 Å². The van der Waals surface area contributed by atoms with E-state index in [1.165, 1.54) is 0 Å². The van der Waals surface area contributed by atoms with Gasteiger partial charge in [-0.1, -0.05) is 31.0 Å². The van der Waals surface area contributed by atoms with Crippen molar-refractivity contribution in [1.82, 2.24) is 0 Å². The Balaban J connectivity index is 2.74. The zero-order valence-electron chi connectivity index (χ0n) is 15.7. The molecule has 0 amide bonds. The zero-order chi connectivity index (χ0) is 19.1. The second-order valence-corrected chi connectivity index (χ2v) is 7.99. The van der Waals surface area contributed by atoms with Crippen molar-refractivity contribution in [2.45, 2.75) is 54.4 Å². The second kappa shape index (κ2) is 6.80. The van der Waals surface area contributed by atoms with Crippen LogP contribution in [-0.2, 0) is 9.59 Å². The van der Waals surface area contributed by atoms with Gasteiger partial charge >= 0.3 is 0 Å². The highest BCUT2D eigenvalue weighted by Crippen LogP contribution is 2.38. The normalized spacial score (nSPS) is 19.0. The summed E-state index contributed by atoms with van der Waals surface area (Å²) in [4.78, 5) is 25.0. The maximum Gasteiger partial charge on any atom is 0.175 e. The average Bonchev–Trinajstić information content (AvgIpc) is 2.51. The van der Waals surface area contributed by atoms with Crippen LogP contribution in [0, 0.1) is 12.3 Å². The molecule has 0 saturated heterocycles. The van der Waals surface area contributed by atoms with Gasteiger partial charge < -0.3 is 5.11 Å². The number of aliphatic hydroxyl groups excluding tert-OH is 1. The second-order valence-electron chi connectivity index (χ2n) is 7.58. The molecule has 0 unspecified atom stereocenters. The Morgan fingerprint density at radius 1 is 1.16 bits per heavy atom. The molecule has 0 spiro atoms. The van der Waals surface area contributed by atoms with Crippen LogP contribution in [0.5, 0.6) is 0 Å². The van der Waals surface area contributed by atoms with Crippen LogP contribution in [0.25, 0.3) is 11.3 Å². The first-order valence-electron chi connectivity index (χ1n) is 8.44. The van der Waals surface area contributed by atoms with Crippen LogP contribution >= 0.6 is 11.6 Å². The van der Waals surface area contributed by atoms with Gasteiger partial charge in [0.1, 0.15) is 11.3 Å². The molecule has 25 heavy (non-hydrogen) atoms. The van der Waals surface area contributed by atoms with Crippen LogP contribution in [0.3, 0.4) is 0 Å². The SMILES string of the molecule is CC(C)=C(C)c1c(Cl)ccc(/C(O)=C2/C(=O)CCC(C)(C)C2=O)c1C. The van der Waals surface area contributed by atoms with Gasteiger partial charge in [0, 0.05) is 22.4 Å². The lowest BCUT2D eigenvalue weighted by molar-refractivity contribution is -0.130. The summed E-state index contributed by atoms with van der Waals surface area (Å²) in [5.41, 5.74) is 3.48. The summed E-state index contributed by atoms with van der Waals surface area (Å²) in [6.45, 7) is 11.4. The predicted octanol–water partition coefficient (Wildman–Crippen LogP) is 5.69. The third kappa shape index (κ3) is 3.43. The van der Waals surface area contributed by atoms with Crippen molar-refractivity contribution in [3.8, 4) is 0 Å². The summed E-state index contributed by atoms with van der Waals surface area (Å²) in [5, 5.41) is 11.4. The lowest BCUT2D eigenvalue weighted by Crippen LogP contribution is -2.35. The van der Waals surface area contributed by atoms with Gasteiger partial charge in [0.2, 0.25) is 0 Å². The van der Waals surface area contributed by atoms with Gasteiger partial charge in [-0.15, -0.1) is 0 Å². The third-order valence-corrected chi connectivity index (χ3v) is 5.44. The fourth-order valence-corrected chi connectivity index (χ4v) is 3.50. The van der Waals surface area contributed by atoms with E-state index in [0.717, 1.165) is 22.3 Å². The number of benzene rings is 1. The fourth-order valence-electron chi connectivity index (χ4n) is 3.15. The maximum atomic E-state index is 12.7. The molecule has 1 aromatic rings. The Morgan fingerprint density at radius 3 is 2.32 bits per heavy atom. The molecule has 1 saturated carbocycles. The molecule has 1 N–H and O–H groups in total. The minimum Gasteiger partial charge on any atom is -0.506 e. The first kappa shape index (κ1) is 19.5. The Morgan fingerprint density at radius 2 is 1.76 bits per heavy atom. The number of ketones is 2. The molecular formula is C21H25ClO3. The van der Waals surface area contributed by atoms with Gasteiger partial charge in [-0.3, -0.25) is 9.59 Å². The number of aliphatic hydroxyl groups is 1. The number of carbonyl (C=O) groups excluding carboxylic acids is 2. The molecule has 0 bridgehead atoms. The van der Waals surface area contributed by atoms with Crippen LogP contribution in [0.2, 0.25) is 5.02 Å². The van der Waals surface area contributed by atoms with Crippen molar-refractivity contribution in [3.05, 3.63) is 45.0 Å². The summed E-state index contributed by atoms with van der Waals surface area (Å²) in [7, 11) is 0. The summed E-state index contributed by atoms with van der Waals surface area (Å²) in [5.74, 6) is -0.826. The summed E-state index contributed by atoms with van der Waals surface area (Å²) < 4.78 is 0. The van der Waals surface area contributed by atoms with Crippen molar-refractivity contribution < 1.29 is 14.7 Å². The van der Waals surface area contributed by atoms with Crippen LogP contribution in [0.4, 0.5) is 0 Å². The number of hydrogen-bond acceptors (Lipinski definition) is 3. The van der Waals surface area contributed by atoms with Crippen LogP contribution in [0.15, 0.2) is 23.3 Å². The van der Waals surface area contributed by atoms with Crippen LogP contribution < -0.4 is 0 Å². The minimum atomic E-state index is -0.643. The van der Waals surface area contributed by atoms with Crippen LogP contribution in [0.1, 0.15) is 64.2 Å². The van der Waals surface area contributed by atoms with Crippen molar-refractivity contribution in [1.29, 1.82) is 0 Å². The molecule has 1 aliphatic carbocycles. The summed E-state index contributed by atoms with van der Waals surface area (Å²) in [6, 6.07) is 3.37. The van der Waals surface area contributed by atoms with E-state index in [1.54, 1.807) is 12.1 Å². The number of halogens is 1. The molecule has 0 atom stereocenters. The van der Waals surface area contributed by atoms with Gasteiger partial charge in [0.05, 0.1) is 0 Å². The van der Waals surface area contributed by atoms with Crippen molar-refractivity contribution >= 4 is 34.5 Å². The summed E-state index contributed by atoms with van der Waals surface area (Å²) in [6.07, 6.45) is 0.772. The molecule has 1 fully saturated rings. The first-order chi connectivity index (χ1) is 11.5. The van der Waals surface area contributed by atoms with Crippen molar-refractivity contribution in [2.24, 2.45) is 5.41 Å². The first-order valence-corrected chi connectivity index (χ1v) is 8.82. The number of Topliss-reactive ketones (excluding diaryl/α,β-unsaturated/α-hetero) is 2. The highest BCUT2D eigenvalue weighted by molar-refractivity contribution is 6.32. The molecule has 0 aromatic heterocycles. The lowest BCUT2D eigenvalue weighted by Gasteiger charge is -2.29. The molecule has 1 aromatic carbocycles.